The standard InChI is InChI=1S/C19H20O3/c20-16-4-2-1-3-14-6-10-17(11-7-14)22-19-13-15(5-9-16)8-12-18(19)21/h6-8,10-13,21H,1-5,9H2. The molecule has 4 bridgehead atoms. The van der Waals surface area contributed by atoms with Crippen LogP contribution in [0.3, 0.4) is 0 Å². The van der Waals surface area contributed by atoms with Crippen molar-refractivity contribution in [3.63, 3.8) is 0 Å². The van der Waals surface area contributed by atoms with Crippen LogP contribution in [-0.4, -0.2) is 10.9 Å². The molecule has 0 amide bonds. The summed E-state index contributed by atoms with van der Waals surface area (Å²) in [5.41, 5.74) is 2.25. The van der Waals surface area contributed by atoms with E-state index in [9.17, 15) is 9.90 Å². The number of aryl methyl sites for hydroxylation is 2. The van der Waals surface area contributed by atoms with E-state index in [1.165, 1.54) is 5.56 Å². The second-order valence-corrected chi connectivity index (χ2v) is 5.79. The Morgan fingerprint density at radius 3 is 2.36 bits per heavy atom. The zero-order valence-electron chi connectivity index (χ0n) is 12.5. The van der Waals surface area contributed by atoms with Crippen LogP contribution in [0.4, 0.5) is 0 Å². The van der Waals surface area contributed by atoms with Crippen LogP contribution < -0.4 is 4.74 Å². The highest BCUT2D eigenvalue weighted by molar-refractivity contribution is 5.78. The van der Waals surface area contributed by atoms with Crippen LogP contribution in [0.15, 0.2) is 42.5 Å². The van der Waals surface area contributed by atoms with Gasteiger partial charge in [-0.05, 0) is 61.1 Å². The first-order valence-electron chi connectivity index (χ1n) is 7.81. The van der Waals surface area contributed by atoms with Crippen LogP contribution in [0.2, 0.25) is 0 Å². The van der Waals surface area contributed by atoms with E-state index < -0.39 is 0 Å². The molecule has 0 aliphatic carbocycles. The van der Waals surface area contributed by atoms with E-state index in [0.29, 0.717) is 36.5 Å². The number of phenols is 1. The number of ether oxygens (including phenoxy) is 1. The minimum atomic E-state index is 0.114. The van der Waals surface area contributed by atoms with Crippen LogP contribution in [0.5, 0.6) is 17.2 Å². The zero-order chi connectivity index (χ0) is 15.4. The second-order valence-electron chi connectivity index (χ2n) is 5.79. The molecule has 2 heterocycles. The number of phenolic OH excluding ortho intramolecular Hbond substituents is 1. The van der Waals surface area contributed by atoms with Crippen LogP contribution in [0.1, 0.15) is 36.8 Å². The number of carbonyl (C=O) groups is 1. The molecule has 0 radical (unpaired) electrons. The Morgan fingerprint density at radius 1 is 0.818 bits per heavy atom. The van der Waals surface area contributed by atoms with Gasteiger partial charge in [0, 0.05) is 12.8 Å². The van der Waals surface area contributed by atoms with E-state index in [1.807, 2.05) is 36.4 Å². The first-order chi connectivity index (χ1) is 10.7. The highest BCUT2D eigenvalue weighted by Crippen LogP contribution is 2.32. The normalized spacial score (nSPS) is 15.7. The fourth-order valence-corrected chi connectivity index (χ4v) is 2.71. The molecule has 2 aromatic rings. The summed E-state index contributed by atoms with van der Waals surface area (Å²) in [5, 5.41) is 9.94. The van der Waals surface area contributed by atoms with E-state index >= 15 is 0 Å². The van der Waals surface area contributed by atoms with Gasteiger partial charge in [-0.3, -0.25) is 4.79 Å². The molecule has 0 fully saturated rings. The Balaban J connectivity index is 1.89. The van der Waals surface area contributed by atoms with Crippen molar-refractivity contribution in [1.82, 2.24) is 0 Å². The molecule has 0 saturated heterocycles. The SMILES string of the molecule is O=C1CCCCc2ccc(cc2)Oc2cc(ccc2O)CC1. The molecule has 0 atom stereocenters. The van der Waals surface area contributed by atoms with Crippen molar-refractivity contribution >= 4 is 5.78 Å². The van der Waals surface area contributed by atoms with Gasteiger partial charge in [0.25, 0.3) is 0 Å². The van der Waals surface area contributed by atoms with Crippen molar-refractivity contribution in [1.29, 1.82) is 0 Å². The number of carbonyl (C=O) groups excluding carboxylic acids is 1. The van der Waals surface area contributed by atoms with Gasteiger partial charge in [-0.2, -0.15) is 0 Å². The second kappa shape index (κ2) is 6.65. The number of Topliss-reactive ketones (excluding diaryl/α,β-unsaturated/α-hetero) is 1. The summed E-state index contributed by atoms with van der Waals surface area (Å²) in [7, 11) is 0. The summed E-state index contributed by atoms with van der Waals surface area (Å²) in [4.78, 5) is 11.9. The fraction of sp³-hybridized carbons (Fsp3) is 0.316. The molecule has 0 unspecified atom stereocenters. The van der Waals surface area contributed by atoms with E-state index in [-0.39, 0.29) is 5.75 Å². The lowest BCUT2D eigenvalue weighted by Gasteiger charge is -2.10. The molecule has 114 valence electrons. The number of ketones is 1. The van der Waals surface area contributed by atoms with Gasteiger partial charge in [-0.15, -0.1) is 0 Å². The Labute approximate surface area is 130 Å². The largest absolute Gasteiger partial charge is 0.504 e. The summed E-state index contributed by atoms with van der Waals surface area (Å²) in [6.07, 6.45) is 4.84. The highest BCUT2D eigenvalue weighted by Gasteiger charge is 2.09. The maximum Gasteiger partial charge on any atom is 0.169 e. The minimum absolute atomic E-state index is 0.114. The molecule has 2 aliphatic rings. The number of hydrogen-bond acceptors (Lipinski definition) is 3. The molecule has 0 saturated carbocycles. The molecular formula is C19H20O3. The van der Waals surface area contributed by atoms with Gasteiger partial charge in [0.2, 0.25) is 0 Å². The number of rotatable bonds is 0. The Bertz CT molecular complexity index is 659. The lowest BCUT2D eigenvalue weighted by Crippen LogP contribution is -2.00. The Morgan fingerprint density at radius 2 is 1.55 bits per heavy atom. The average molecular weight is 296 g/mol. The summed E-state index contributed by atoms with van der Waals surface area (Å²) in [6, 6.07) is 13.2. The van der Waals surface area contributed by atoms with Crippen molar-refractivity contribution < 1.29 is 14.6 Å². The van der Waals surface area contributed by atoms with Crippen molar-refractivity contribution in [3.8, 4) is 17.2 Å². The van der Waals surface area contributed by atoms with Crippen LogP contribution >= 0.6 is 0 Å². The van der Waals surface area contributed by atoms with Gasteiger partial charge in [0.1, 0.15) is 11.5 Å². The van der Waals surface area contributed by atoms with Gasteiger partial charge in [-0.25, -0.2) is 0 Å². The maximum absolute atomic E-state index is 11.9. The summed E-state index contributed by atoms with van der Waals surface area (Å²) in [6.45, 7) is 0. The van der Waals surface area contributed by atoms with Crippen LogP contribution in [0, 0.1) is 0 Å². The maximum atomic E-state index is 11.9. The van der Waals surface area contributed by atoms with E-state index in [1.54, 1.807) is 6.07 Å². The third-order valence-corrected chi connectivity index (χ3v) is 4.04. The predicted molar refractivity (Wildman–Crippen MR) is 85.5 cm³/mol. The van der Waals surface area contributed by atoms with E-state index in [4.69, 9.17) is 4.74 Å². The molecule has 0 spiro atoms. The molecule has 4 rings (SSSR count). The van der Waals surface area contributed by atoms with Crippen molar-refractivity contribution in [2.24, 2.45) is 0 Å². The number of fused-ring (bicyclic) bond motifs is 8. The zero-order valence-corrected chi connectivity index (χ0v) is 12.5. The predicted octanol–water partition coefficient (Wildman–Crippen LogP) is 4.41. The fourth-order valence-electron chi connectivity index (χ4n) is 2.71. The average Bonchev–Trinajstić information content (AvgIpc) is 2.54. The third-order valence-electron chi connectivity index (χ3n) is 4.04. The molecule has 22 heavy (non-hydrogen) atoms. The molecule has 3 nitrogen and oxygen atoms in total. The summed E-state index contributed by atoms with van der Waals surface area (Å²) >= 11 is 0. The first-order valence-corrected chi connectivity index (χ1v) is 7.81. The molecule has 3 heteroatoms. The summed E-state index contributed by atoms with van der Waals surface area (Å²) in [5.74, 6) is 1.57. The molecular weight excluding hydrogens is 276 g/mol. The Hall–Kier alpha value is -2.29. The smallest absolute Gasteiger partial charge is 0.169 e. The van der Waals surface area contributed by atoms with E-state index in [2.05, 4.69) is 0 Å². The van der Waals surface area contributed by atoms with E-state index in [0.717, 1.165) is 24.8 Å². The van der Waals surface area contributed by atoms with Gasteiger partial charge >= 0.3 is 0 Å². The van der Waals surface area contributed by atoms with Gasteiger partial charge in [-0.1, -0.05) is 18.2 Å². The number of aromatic hydroxyl groups is 1. The Kier molecular flexibility index (Phi) is 4.42. The molecule has 2 aliphatic heterocycles. The lowest BCUT2D eigenvalue weighted by atomic mass is 10.0. The summed E-state index contributed by atoms with van der Waals surface area (Å²) < 4.78 is 5.77. The van der Waals surface area contributed by atoms with Crippen molar-refractivity contribution in [2.75, 3.05) is 0 Å². The molecule has 1 N–H and O–H groups in total. The van der Waals surface area contributed by atoms with Crippen LogP contribution in [-0.2, 0) is 17.6 Å². The lowest BCUT2D eigenvalue weighted by molar-refractivity contribution is -0.119. The highest BCUT2D eigenvalue weighted by atomic mass is 16.5. The third kappa shape index (κ3) is 3.67. The number of hydrogen-bond donors (Lipinski definition) is 1. The monoisotopic (exact) mass is 296 g/mol. The van der Waals surface area contributed by atoms with Gasteiger partial charge < -0.3 is 9.84 Å². The molecule has 2 aromatic carbocycles. The van der Waals surface area contributed by atoms with Gasteiger partial charge in [0.15, 0.2) is 11.5 Å². The van der Waals surface area contributed by atoms with Crippen molar-refractivity contribution in [2.45, 2.75) is 38.5 Å². The quantitative estimate of drug-likeness (QED) is 0.783. The first kappa shape index (κ1) is 14.6. The minimum Gasteiger partial charge on any atom is -0.504 e. The topological polar surface area (TPSA) is 46.5 Å². The van der Waals surface area contributed by atoms with Crippen LogP contribution in [0.25, 0.3) is 0 Å². The van der Waals surface area contributed by atoms with Crippen molar-refractivity contribution in [3.05, 3.63) is 53.6 Å². The number of benzene rings is 2. The molecule has 0 aromatic heterocycles. The van der Waals surface area contributed by atoms with Gasteiger partial charge in [0.05, 0.1) is 0 Å².